The lowest BCUT2D eigenvalue weighted by molar-refractivity contribution is -0.141. The van der Waals surface area contributed by atoms with Gasteiger partial charge >= 0.3 is 11.7 Å². The number of ether oxygens (including phenoxy) is 1. The fraction of sp³-hybridized carbons (Fsp3) is 0.222. The number of carbonyl (C=O) groups excluding carboxylic acids is 2. The average molecular weight is 399 g/mol. The number of nitrogens with one attached hydrogen (secondary N) is 1. The molecule has 11 nitrogen and oxygen atoms in total. The second-order valence-corrected chi connectivity index (χ2v) is 6.27. The molecule has 0 aliphatic carbocycles. The first-order chi connectivity index (χ1) is 13.7. The molecule has 0 atom stereocenters. The van der Waals surface area contributed by atoms with Crippen LogP contribution in [0.5, 0.6) is 0 Å². The van der Waals surface area contributed by atoms with E-state index in [9.17, 15) is 24.0 Å². The number of nitrogen functional groups attached to an aromatic ring is 1. The van der Waals surface area contributed by atoms with E-state index in [0.29, 0.717) is 10.8 Å². The van der Waals surface area contributed by atoms with Crippen molar-refractivity contribution in [3.63, 3.8) is 0 Å². The van der Waals surface area contributed by atoms with Crippen LogP contribution >= 0.6 is 0 Å². The van der Waals surface area contributed by atoms with E-state index in [4.69, 9.17) is 10.5 Å². The molecule has 3 rings (SSSR count). The number of carbonyl (C=O) groups is 2. The van der Waals surface area contributed by atoms with Gasteiger partial charge in [0, 0.05) is 19.5 Å². The quantitative estimate of drug-likeness (QED) is 0.403. The molecule has 0 spiro atoms. The van der Waals surface area contributed by atoms with E-state index in [1.54, 1.807) is 24.3 Å². The molecule has 0 unspecified atom stereocenters. The second kappa shape index (κ2) is 7.54. The minimum absolute atomic E-state index is 0.273. The summed E-state index contributed by atoms with van der Waals surface area (Å²) in [6.45, 7) is -0.738. The first kappa shape index (κ1) is 19.7. The van der Waals surface area contributed by atoms with E-state index in [0.717, 1.165) is 9.13 Å². The number of H-pyrrole nitrogens is 1. The third-order valence-corrected chi connectivity index (χ3v) is 4.44. The van der Waals surface area contributed by atoms with Gasteiger partial charge in [0.05, 0.1) is 17.5 Å². The van der Waals surface area contributed by atoms with Gasteiger partial charge in [-0.1, -0.05) is 18.2 Å². The van der Waals surface area contributed by atoms with Crippen molar-refractivity contribution < 1.29 is 14.3 Å². The Bertz CT molecular complexity index is 1320. The lowest BCUT2D eigenvalue weighted by atomic mass is 10.1. The summed E-state index contributed by atoms with van der Waals surface area (Å²) in [6, 6.07) is 6.60. The van der Waals surface area contributed by atoms with Crippen molar-refractivity contribution >= 4 is 28.3 Å². The van der Waals surface area contributed by atoms with Gasteiger partial charge in [0.2, 0.25) is 5.78 Å². The van der Waals surface area contributed by atoms with Gasteiger partial charge < -0.3 is 10.5 Å². The fourth-order valence-electron chi connectivity index (χ4n) is 2.83. The van der Waals surface area contributed by atoms with Gasteiger partial charge in [-0.25, -0.2) is 9.89 Å². The normalized spacial score (nSPS) is 10.8. The van der Waals surface area contributed by atoms with E-state index in [1.165, 1.54) is 14.1 Å². The summed E-state index contributed by atoms with van der Waals surface area (Å²) < 4.78 is 6.64. The molecule has 2 aromatic heterocycles. The molecule has 3 aromatic rings. The third-order valence-electron chi connectivity index (χ3n) is 4.44. The molecule has 0 aliphatic heterocycles. The number of nitrogens with two attached hydrogens (primary N) is 1. The Morgan fingerprint density at radius 3 is 2.45 bits per heavy atom. The Kier molecular flexibility index (Phi) is 5.13. The number of hydrogen-bond donors (Lipinski definition) is 2. The zero-order valence-electron chi connectivity index (χ0n) is 15.6. The first-order valence-corrected chi connectivity index (χ1v) is 8.43. The van der Waals surface area contributed by atoms with Crippen LogP contribution in [0.3, 0.4) is 0 Å². The molecule has 2 heterocycles. The summed E-state index contributed by atoms with van der Waals surface area (Å²) in [5.41, 5.74) is 3.59. The Morgan fingerprint density at radius 1 is 1.10 bits per heavy atom. The molecular weight excluding hydrogens is 382 g/mol. The summed E-state index contributed by atoms with van der Waals surface area (Å²) in [7, 11) is 2.52. The summed E-state index contributed by atoms with van der Waals surface area (Å²) in [6.07, 6.45) is -0.300. The van der Waals surface area contributed by atoms with Crippen molar-refractivity contribution in [1.82, 2.24) is 19.3 Å². The lowest BCUT2D eigenvalue weighted by Gasteiger charge is -2.11. The van der Waals surface area contributed by atoms with Crippen LogP contribution in [0.25, 0.3) is 10.8 Å². The van der Waals surface area contributed by atoms with Gasteiger partial charge in [0.25, 0.3) is 11.1 Å². The molecule has 1 aromatic carbocycles. The lowest BCUT2D eigenvalue weighted by Crippen LogP contribution is -2.42. The van der Waals surface area contributed by atoms with Crippen LogP contribution < -0.4 is 22.5 Å². The predicted molar refractivity (Wildman–Crippen MR) is 103 cm³/mol. The number of fused-ring (bicyclic) bond motifs is 1. The second-order valence-electron chi connectivity index (χ2n) is 6.27. The molecule has 0 amide bonds. The summed E-state index contributed by atoms with van der Waals surface area (Å²) in [5.74, 6) is -1.94. The smallest absolute Gasteiger partial charge is 0.332 e. The Morgan fingerprint density at radius 2 is 1.76 bits per heavy atom. The van der Waals surface area contributed by atoms with Gasteiger partial charge in [-0.2, -0.15) is 5.10 Å². The third kappa shape index (κ3) is 3.57. The number of nitrogens with zero attached hydrogens (tertiary/aromatic N) is 3. The highest BCUT2D eigenvalue weighted by Crippen LogP contribution is 2.13. The first-order valence-electron chi connectivity index (χ1n) is 8.43. The van der Waals surface area contributed by atoms with Crippen LogP contribution in [-0.2, 0) is 30.0 Å². The maximum atomic E-state index is 12.4. The van der Waals surface area contributed by atoms with Crippen molar-refractivity contribution in [2.45, 2.75) is 6.42 Å². The molecule has 0 saturated carbocycles. The van der Waals surface area contributed by atoms with Crippen molar-refractivity contribution in [2.24, 2.45) is 14.1 Å². The number of benzene rings is 1. The van der Waals surface area contributed by atoms with Crippen molar-refractivity contribution in [1.29, 1.82) is 0 Å². The zero-order chi connectivity index (χ0) is 21.3. The Labute approximate surface area is 162 Å². The van der Waals surface area contributed by atoms with Gasteiger partial charge in [-0.05, 0) is 6.07 Å². The number of hydrogen-bond acceptors (Lipinski definition) is 8. The maximum absolute atomic E-state index is 12.4. The van der Waals surface area contributed by atoms with E-state index in [2.05, 4.69) is 10.2 Å². The largest absolute Gasteiger partial charge is 0.457 e. The molecule has 0 bridgehead atoms. The minimum atomic E-state index is -0.875. The maximum Gasteiger partial charge on any atom is 0.332 e. The Hall–Kier alpha value is -4.02. The van der Waals surface area contributed by atoms with Crippen molar-refractivity contribution in [2.75, 3.05) is 12.3 Å². The summed E-state index contributed by atoms with van der Waals surface area (Å²) >= 11 is 0. The van der Waals surface area contributed by atoms with Crippen molar-refractivity contribution in [3.05, 3.63) is 66.7 Å². The summed E-state index contributed by atoms with van der Waals surface area (Å²) in [5, 5.41) is 7.00. The number of ketones is 1. The molecule has 0 saturated heterocycles. The van der Waals surface area contributed by atoms with Gasteiger partial charge in [-0.15, -0.1) is 0 Å². The monoisotopic (exact) mass is 399 g/mol. The van der Waals surface area contributed by atoms with Gasteiger partial charge in [-0.3, -0.25) is 28.3 Å². The van der Waals surface area contributed by atoms with Crippen LogP contribution in [0.2, 0.25) is 0 Å². The minimum Gasteiger partial charge on any atom is -0.457 e. The SMILES string of the molecule is Cn1c(N)c(C(=O)COC(=O)Cc2n[nH]c(=O)c3ccccc23)c(=O)n(C)c1=O. The molecular formula is C18H17N5O6. The van der Waals surface area contributed by atoms with Crippen LogP contribution in [0.4, 0.5) is 5.82 Å². The fourth-order valence-corrected chi connectivity index (χ4v) is 2.83. The number of rotatable bonds is 5. The number of aromatic amines is 1. The van der Waals surface area contributed by atoms with E-state index < -0.39 is 40.7 Å². The summed E-state index contributed by atoms with van der Waals surface area (Å²) in [4.78, 5) is 60.3. The molecule has 0 fully saturated rings. The highest BCUT2D eigenvalue weighted by Gasteiger charge is 2.22. The van der Waals surface area contributed by atoms with Crippen LogP contribution in [0.1, 0.15) is 16.1 Å². The number of esters is 1. The van der Waals surface area contributed by atoms with E-state index in [-0.39, 0.29) is 17.9 Å². The zero-order valence-corrected chi connectivity index (χ0v) is 15.6. The molecule has 29 heavy (non-hydrogen) atoms. The van der Waals surface area contributed by atoms with E-state index in [1.807, 2.05) is 0 Å². The van der Waals surface area contributed by atoms with Gasteiger partial charge in [0.1, 0.15) is 11.4 Å². The van der Waals surface area contributed by atoms with Crippen LogP contribution in [0.15, 0.2) is 38.6 Å². The molecule has 150 valence electrons. The topological polar surface area (TPSA) is 159 Å². The molecule has 0 aliphatic rings. The number of aromatic nitrogens is 4. The van der Waals surface area contributed by atoms with Crippen LogP contribution in [-0.4, -0.2) is 37.7 Å². The Balaban J connectivity index is 1.79. The predicted octanol–water partition coefficient (Wildman–Crippen LogP) is -1.13. The van der Waals surface area contributed by atoms with E-state index >= 15 is 0 Å². The highest BCUT2D eigenvalue weighted by molar-refractivity contribution is 6.01. The van der Waals surface area contributed by atoms with Crippen LogP contribution in [0, 0.1) is 0 Å². The number of anilines is 1. The molecule has 3 N–H and O–H groups in total. The number of Topliss-reactive ketones (excluding diaryl/α,β-unsaturated/α-hetero) is 1. The molecule has 0 radical (unpaired) electrons. The average Bonchev–Trinajstić information content (AvgIpc) is 2.71. The highest BCUT2D eigenvalue weighted by atomic mass is 16.5. The van der Waals surface area contributed by atoms with Gasteiger partial charge in [0.15, 0.2) is 6.61 Å². The standard InChI is InChI=1S/C18H17N5O6/c1-22-15(19)14(17(27)23(2)18(22)28)12(24)8-29-13(25)7-11-9-5-3-4-6-10(9)16(26)21-20-11/h3-6H,7-8,19H2,1-2H3,(H,21,26). The van der Waals surface area contributed by atoms with Crippen molar-refractivity contribution in [3.8, 4) is 0 Å². The molecule has 11 heteroatoms.